The topological polar surface area (TPSA) is 58.2 Å². The van der Waals surface area contributed by atoms with Crippen molar-refractivity contribution in [3.05, 3.63) is 70.3 Å². The first-order chi connectivity index (χ1) is 10.5. The number of hydrogen-bond acceptors (Lipinski definition) is 2. The van der Waals surface area contributed by atoms with Gasteiger partial charge in [-0.15, -0.1) is 0 Å². The van der Waals surface area contributed by atoms with E-state index in [0.29, 0.717) is 11.1 Å². The number of hydrazine groups is 1. The van der Waals surface area contributed by atoms with Crippen LogP contribution >= 0.6 is 0 Å². The van der Waals surface area contributed by atoms with Crippen molar-refractivity contribution in [1.82, 2.24) is 10.9 Å². The quantitative estimate of drug-likeness (QED) is 0.856. The maximum atomic E-state index is 12.0. The van der Waals surface area contributed by atoms with E-state index >= 15 is 0 Å². The number of hydrogen-bond donors (Lipinski definition) is 2. The van der Waals surface area contributed by atoms with E-state index in [-0.39, 0.29) is 11.8 Å². The molecule has 0 spiro atoms. The Morgan fingerprint density at radius 1 is 0.818 bits per heavy atom. The number of benzene rings is 2. The highest BCUT2D eigenvalue weighted by molar-refractivity contribution is 5.99. The third kappa shape index (κ3) is 3.73. The Hall–Kier alpha value is -2.62. The van der Waals surface area contributed by atoms with Gasteiger partial charge in [-0.2, -0.15) is 0 Å². The molecule has 0 radical (unpaired) electrons. The lowest BCUT2D eigenvalue weighted by atomic mass is 10.1. The summed E-state index contributed by atoms with van der Waals surface area (Å²) in [4.78, 5) is 24.0. The summed E-state index contributed by atoms with van der Waals surface area (Å²) >= 11 is 0. The highest BCUT2D eigenvalue weighted by Gasteiger charge is 2.09. The molecule has 0 unspecified atom stereocenters. The van der Waals surface area contributed by atoms with Crippen molar-refractivity contribution in [1.29, 1.82) is 0 Å². The van der Waals surface area contributed by atoms with Gasteiger partial charge >= 0.3 is 0 Å². The van der Waals surface area contributed by atoms with Gasteiger partial charge in [0.1, 0.15) is 0 Å². The third-order valence-corrected chi connectivity index (χ3v) is 3.68. The molecule has 0 saturated heterocycles. The van der Waals surface area contributed by atoms with Crippen LogP contribution in [0.2, 0.25) is 0 Å². The van der Waals surface area contributed by atoms with Crippen LogP contribution in [-0.4, -0.2) is 11.8 Å². The fourth-order valence-electron chi connectivity index (χ4n) is 2.03. The molecule has 22 heavy (non-hydrogen) atoms. The molecule has 4 nitrogen and oxygen atoms in total. The summed E-state index contributed by atoms with van der Waals surface area (Å²) in [6.45, 7) is 5.98. The zero-order valence-electron chi connectivity index (χ0n) is 13.1. The number of carbonyl (C=O) groups excluding carboxylic acids is 2. The zero-order chi connectivity index (χ0) is 16.1. The molecule has 2 aromatic carbocycles. The van der Waals surface area contributed by atoms with Gasteiger partial charge < -0.3 is 0 Å². The van der Waals surface area contributed by atoms with Gasteiger partial charge in [-0.05, 0) is 61.2 Å². The molecule has 4 heteroatoms. The molecule has 0 heterocycles. The highest BCUT2D eigenvalue weighted by atomic mass is 16.2. The van der Waals surface area contributed by atoms with E-state index in [2.05, 4.69) is 17.8 Å². The number of aryl methyl sites for hydroxylation is 3. The second kappa shape index (κ2) is 6.89. The van der Waals surface area contributed by atoms with Crippen molar-refractivity contribution in [2.24, 2.45) is 0 Å². The zero-order valence-corrected chi connectivity index (χ0v) is 13.1. The van der Waals surface area contributed by atoms with Gasteiger partial charge in [0, 0.05) is 11.1 Å². The molecule has 0 aliphatic rings. The van der Waals surface area contributed by atoms with E-state index in [9.17, 15) is 9.59 Å². The molecule has 114 valence electrons. The first-order valence-electron chi connectivity index (χ1n) is 7.28. The van der Waals surface area contributed by atoms with Crippen LogP contribution in [0.15, 0.2) is 42.5 Å². The Bertz CT molecular complexity index is 691. The van der Waals surface area contributed by atoms with Crippen LogP contribution in [0.1, 0.15) is 44.3 Å². The predicted octanol–water partition coefficient (Wildman–Crippen LogP) is 2.94. The van der Waals surface area contributed by atoms with Crippen LogP contribution in [0.25, 0.3) is 0 Å². The highest BCUT2D eigenvalue weighted by Crippen LogP contribution is 2.09. The summed E-state index contributed by atoms with van der Waals surface area (Å²) < 4.78 is 0. The lowest BCUT2D eigenvalue weighted by Gasteiger charge is -2.09. The normalized spacial score (nSPS) is 10.1. The number of carbonyl (C=O) groups is 2. The average molecular weight is 296 g/mol. The molecule has 0 fully saturated rings. The van der Waals surface area contributed by atoms with E-state index in [4.69, 9.17) is 0 Å². The van der Waals surface area contributed by atoms with E-state index in [1.54, 1.807) is 24.3 Å². The number of amides is 2. The number of nitrogens with one attached hydrogen (secondary N) is 2. The van der Waals surface area contributed by atoms with E-state index < -0.39 is 0 Å². The molecule has 0 aromatic heterocycles. The summed E-state index contributed by atoms with van der Waals surface area (Å²) in [5.41, 5.74) is 9.21. The lowest BCUT2D eigenvalue weighted by Crippen LogP contribution is -2.41. The summed E-state index contributed by atoms with van der Waals surface area (Å²) in [6, 6.07) is 12.7. The van der Waals surface area contributed by atoms with Crippen LogP contribution in [0, 0.1) is 13.8 Å². The van der Waals surface area contributed by atoms with Gasteiger partial charge in [0.05, 0.1) is 0 Å². The fourth-order valence-corrected chi connectivity index (χ4v) is 2.03. The van der Waals surface area contributed by atoms with Crippen molar-refractivity contribution in [3.63, 3.8) is 0 Å². The van der Waals surface area contributed by atoms with Crippen LogP contribution in [0.5, 0.6) is 0 Å². The number of rotatable bonds is 3. The summed E-state index contributed by atoms with van der Waals surface area (Å²) in [7, 11) is 0. The first kappa shape index (κ1) is 15.8. The van der Waals surface area contributed by atoms with Gasteiger partial charge in [-0.25, -0.2) is 0 Å². The molecule has 2 N–H and O–H groups in total. The fraction of sp³-hybridized carbons (Fsp3) is 0.222. The van der Waals surface area contributed by atoms with Gasteiger partial charge in [0.15, 0.2) is 0 Å². The Kier molecular flexibility index (Phi) is 4.94. The molecule has 2 rings (SSSR count). The summed E-state index contributed by atoms with van der Waals surface area (Å²) in [6.07, 6.45) is 0.922. The van der Waals surface area contributed by atoms with Crippen LogP contribution in [0.3, 0.4) is 0 Å². The second-order valence-corrected chi connectivity index (χ2v) is 5.26. The Morgan fingerprint density at radius 2 is 1.36 bits per heavy atom. The maximum Gasteiger partial charge on any atom is 0.269 e. The second-order valence-electron chi connectivity index (χ2n) is 5.26. The SMILES string of the molecule is CCc1ccc(C(=O)NNC(=O)c2ccc(C)c(C)c2)cc1. The van der Waals surface area contributed by atoms with Crippen LogP contribution < -0.4 is 10.9 Å². The predicted molar refractivity (Wildman–Crippen MR) is 86.7 cm³/mol. The monoisotopic (exact) mass is 296 g/mol. The minimum absolute atomic E-state index is 0.332. The van der Waals surface area contributed by atoms with Crippen molar-refractivity contribution >= 4 is 11.8 Å². The Labute approximate surface area is 130 Å². The molecular weight excluding hydrogens is 276 g/mol. The van der Waals surface area contributed by atoms with Gasteiger partial charge in [0.25, 0.3) is 11.8 Å². The van der Waals surface area contributed by atoms with Gasteiger partial charge in [0.2, 0.25) is 0 Å². The average Bonchev–Trinajstić information content (AvgIpc) is 2.54. The molecule has 0 bridgehead atoms. The Morgan fingerprint density at radius 3 is 1.91 bits per heavy atom. The summed E-state index contributed by atoms with van der Waals surface area (Å²) in [5.74, 6) is -0.665. The Balaban J connectivity index is 1.97. The molecular formula is C18H20N2O2. The molecule has 0 aliphatic heterocycles. The van der Waals surface area contributed by atoms with Crippen LogP contribution in [-0.2, 0) is 6.42 Å². The van der Waals surface area contributed by atoms with Gasteiger partial charge in [-0.1, -0.05) is 25.1 Å². The standard InChI is InChI=1S/C18H20N2O2/c1-4-14-6-9-15(10-7-14)17(21)19-20-18(22)16-8-5-12(2)13(3)11-16/h5-11H,4H2,1-3H3,(H,19,21)(H,20,22). The maximum absolute atomic E-state index is 12.0. The van der Waals surface area contributed by atoms with Crippen LogP contribution in [0.4, 0.5) is 0 Å². The van der Waals surface area contributed by atoms with Crippen molar-refractivity contribution in [2.75, 3.05) is 0 Å². The minimum atomic E-state index is -0.333. The molecule has 0 atom stereocenters. The smallest absolute Gasteiger partial charge is 0.267 e. The van der Waals surface area contributed by atoms with E-state index in [1.807, 2.05) is 32.0 Å². The largest absolute Gasteiger partial charge is 0.269 e. The van der Waals surface area contributed by atoms with Crippen molar-refractivity contribution in [3.8, 4) is 0 Å². The molecule has 0 saturated carbocycles. The van der Waals surface area contributed by atoms with E-state index in [0.717, 1.165) is 23.1 Å². The first-order valence-corrected chi connectivity index (χ1v) is 7.28. The lowest BCUT2D eigenvalue weighted by molar-refractivity contribution is 0.0846. The molecule has 0 aliphatic carbocycles. The minimum Gasteiger partial charge on any atom is -0.267 e. The third-order valence-electron chi connectivity index (χ3n) is 3.68. The molecule has 2 amide bonds. The van der Waals surface area contributed by atoms with E-state index in [1.165, 1.54) is 0 Å². The van der Waals surface area contributed by atoms with Gasteiger partial charge in [-0.3, -0.25) is 20.4 Å². The van der Waals surface area contributed by atoms with Crippen molar-refractivity contribution < 1.29 is 9.59 Å². The summed E-state index contributed by atoms with van der Waals surface area (Å²) in [5, 5.41) is 0. The molecule has 2 aromatic rings. The van der Waals surface area contributed by atoms with Crippen molar-refractivity contribution in [2.45, 2.75) is 27.2 Å².